The highest BCUT2D eigenvalue weighted by Crippen LogP contribution is 2.26. The number of thioether (sulfide) groups is 1. The van der Waals surface area contributed by atoms with Crippen molar-refractivity contribution in [3.63, 3.8) is 0 Å². The highest BCUT2D eigenvalue weighted by molar-refractivity contribution is 7.99. The Kier molecular flexibility index (Phi) is 7.89. The van der Waals surface area contributed by atoms with Crippen molar-refractivity contribution in [1.29, 1.82) is 5.26 Å². The summed E-state index contributed by atoms with van der Waals surface area (Å²) >= 11 is 1.28. The number of amides is 1. The van der Waals surface area contributed by atoms with Gasteiger partial charge in [-0.15, -0.1) is 16.8 Å². The predicted molar refractivity (Wildman–Crippen MR) is 123 cm³/mol. The third-order valence-electron chi connectivity index (χ3n) is 4.42. The van der Waals surface area contributed by atoms with Crippen LogP contribution in [0, 0.1) is 11.3 Å². The van der Waals surface area contributed by atoms with Gasteiger partial charge in [0, 0.05) is 12.2 Å². The smallest absolute Gasteiger partial charge is 0.234 e. The fraction of sp³-hybridized carbons (Fsp3) is 0.217. The average molecular weight is 450 g/mol. The van der Waals surface area contributed by atoms with E-state index in [2.05, 4.69) is 22.1 Å². The third kappa shape index (κ3) is 5.89. The molecule has 0 fully saturated rings. The van der Waals surface area contributed by atoms with Crippen LogP contribution in [-0.4, -0.2) is 33.5 Å². The summed E-state index contributed by atoms with van der Waals surface area (Å²) in [6, 6.07) is 16.0. The van der Waals surface area contributed by atoms with Crippen LogP contribution in [0.3, 0.4) is 0 Å². The van der Waals surface area contributed by atoms with Gasteiger partial charge in [-0.1, -0.05) is 17.8 Å². The standard InChI is InChI=1S/C23H23N5O3S/c1-4-13-28-22(16(2)31-20-11-9-19(30-3)10-12-20)26-27-23(28)32-15-21(29)25-18-7-5-17(14-24)6-8-18/h4-12,16H,1,13,15H2,2-3H3,(H,25,29). The van der Waals surface area contributed by atoms with Gasteiger partial charge in [-0.25, -0.2) is 0 Å². The Hall–Kier alpha value is -3.77. The minimum atomic E-state index is -0.363. The van der Waals surface area contributed by atoms with Crippen LogP contribution < -0.4 is 14.8 Å². The molecule has 0 spiro atoms. The fourth-order valence-corrected chi connectivity index (χ4v) is 3.63. The summed E-state index contributed by atoms with van der Waals surface area (Å²) < 4.78 is 13.0. The minimum absolute atomic E-state index is 0.156. The summed E-state index contributed by atoms with van der Waals surface area (Å²) in [4.78, 5) is 12.3. The Morgan fingerprint density at radius 3 is 2.53 bits per heavy atom. The highest BCUT2D eigenvalue weighted by atomic mass is 32.2. The average Bonchev–Trinajstić information content (AvgIpc) is 3.21. The lowest BCUT2D eigenvalue weighted by molar-refractivity contribution is -0.113. The van der Waals surface area contributed by atoms with Crippen LogP contribution in [-0.2, 0) is 11.3 Å². The number of ether oxygens (including phenoxy) is 2. The number of carbonyl (C=O) groups excluding carboxylic acids is 1. The van der Waals surface area contributed by atoms with Crippen molar-refractivity contribution >= 4 is 23.4 Å². The molecule has 3 aromatic rings. The predicted octanol–water partition coefficient (Wildman–Crippen LogP) is 4.22. The van der Waals surface area contributed by atoms with Crippen molar-refractivity contribution in [2.75, 3.05) is 18.2 Å². The molecule has 0 aliphatic carbocycles. The summed E-state index contributed by atoms with van der Waals surface area (Å²) in [5.41, 5.74) is 1.16. The molecule has 164 valence electrons. The molecule has 0 radical (unpaired) electrons. The lowest BCUT2D eigenvalue weighted by Crippen LogP contribution is -2.15. The molecule has 1 N–H and O–H groups in total. The van der Waals surface area contributed by atoms with E-state index in [4.69, 9.17) is 14.7 Å². The van der Waals surface area contributed by atoms with E-state index in [1.54, 1.807) is 37.5 Å². The summed E-state index contributed by atoms with van der Waals surface area (Å²) in [6.07, 6.45) is 1.38. The summed E-state index contributed by atoms with van der Waals surface area (Å²) in [6.45, 7) is 6.18. The molecule has 8 nitrogen and oxygen atoms in total. The number of allylic oxidation sites excluding steroid dienone is 1. The maximum atomic E-state index is 12.3. The van der Waals surface area contributed by atoms with Gasteiger partial charge in [0.1, 0.15) is 11.5 Å². The molecule has 32 heavy (non-hydrogen) atoms. The van der Waals surface area contributed by atoms with E-state index in [9.17, 15) is 4.79 Å². The van der Waals surface area contributed by atoms with Gasteiger partial charge in [-0.2, -0.15) is 5.26 Å². The van der Waals surface area contributed by atoms with E-state index in [0.717, 1.165) is 5.75 Å². The van der Waals surface area contributed by atoms with Gasteiger partial charge in [0.15, 0.2) is 17.1 Å². The number of benzene rings is 2. The third-order valence-corrected chi connectivity index (χ3v) is 5.39. The lowest BCUT2D eigenvalue weighted by Gasteiger charge is -2.16. The van der Waals surface area contributed by atoms with Crippen LogP contribution in [0.4, 0.5) is 5.69 Å². The van der Waals surface area contributed by atoms with Gasteiger partial charge in [-0.3, -0.25) is 9.36 Å². The van der Waals surface area contributed by atoms with Gasteiger partial charge >= 0.3 is 0 Å². The molecule has 0 aliphatic rings. The van der Waals surface area contributed by atoms with Gasteiger partial charge in [0.2, 0.25) is 5.91 Å². The van der Waals surface area contributed by atoms with Crippen molar-refractivity contribution in [2.24, 2.45) is 0 Å². The number of rotatable bonds is 10. The van der Waals surface area contributed by atoms with Gasteiger partial charge < -0.3 is 14.8 Å². The Morgan fingerprint density at radius 2 is 1.91 bits per heavy atom. The first kappa shape index (κ1) is 22.9. The zero-order chi connectivity index (χ0) is 22.9. The summed E-state index contributed by atoms with van der Waals surface area (Å²) in [5.74, 6) is 2.04. The van der Waals surface area contributed by atoms with Crippen LogP contribution in [0.1, 0.15) is 24.4 Å². The molecular formula is C23H23N5O3S. The van der Waals surface area contributed by atoms with Crippen molar-refractivity contribution in [3.8, 4) is 17.6 Å². The maximum absolute atomic E-state index is 12.3. The van der Waals surface area contributed by atoms with Crippen LogP contribution in [0.25, 0.3) is 0 Å². The van der Waals surface area contributed by atoms with Crippen molar-refractivity contribution in [2.45, 2.75) is 24.7 Å². The number of hydrogen-bond acceptors (Lipinski definition) is 7. The molecule has 0 saturated heterocycles. The Balaban J connectivity index is 1.64. The molecule has 9 heteroatoms. The zero-order valence-electron chi connectivity index (χ0n) is 17.8. The Labute approximate surface area is 190 Å². The Bertz CT molecular complexity index is 1100. The fourth-order valence-electron chi connectivity index (χ4n) is 2.87. The second kappa shape index (κ2) is 11.0. The maximum Gasteiger partial charge on any atom is 0.234 e. The molecule has 0 saturated carbocycles. The van der Waals surface area contributed by atoms with Gasteiger partial charge in [0.25, 0.3) is 0 Å². The number of methoxy groups -OCH3 is 1. The molecule has 1 amide bonds. The van der Waals surface area contributed by atoms with Crippen molar-refractivity contribution < 1.29 is 14.3 Å². The van der Waals surface area contributed by atoms with Crippen LogP contribution >= 0.6 is 11.8 Å². The highest BCUT2D eigenvalue weighted by Gasteiger charge is 2.20. The number of aromatic nitrogens is 3. The molecular weight excluding hydrogens is 426 g/mol. The van der Waals surface area contributed by atoms with E-state index >= 15 is 0 Å². The second-order valence-electron chi connectivity index (χ2n) is 6.70. The van der Waals surface area contributed by atoms with Crippen LogP contribution in [0.5, 0.6) is 11.5 Å². The molecule has 1 heterocycles. The van der Waals surface area contributed by atoms with E-state index < -0.39 is 0 Å². The first-order valence-corrected chi connectivity index (χ1v) is 10.8. The van der Waals surface area contributed by atoms with E-state index in [-0.39, 0.29) is 17.8 Å². The molecule has 0 aliphatic heterocycles. The molecule has 0 bridgehead atoms. The van der Waals surface area contributed by atoms with Crippen LogP contribution in [0.15, 0.2) is 66.3 Å². The number of carbonyl (C=O) groups is 1. The first-order valence-electron chi connectivity index (χ1n) is 9.81. The van der Waals surface area contributed by atoms with E-state index in [0.29, 0.717) is 34.5 Å². The number of hydrogen-bond donors (Lipinski definition) is 1. The normalized spacial score (nSPS) is 11.3. The lowest BCUT2D eigenvalue weighted by atomic mass is 10.2. The van der Waals surface area contributed by atoms with Crippen molar-refractivity contribution in [1.82, 2.24) is 14.8 Å². The molecule has 1 unspecified atom stereocenters. The largest absolute Gasteiger partial charge is 0.497 e. The Morgan fingerprint density at radius 1 is 1.22 bits per heavy atom. The molecule has 1 aromatic heterocycles. The SMILES string of the molecule is C=CCn1c(SCC(=O)Nc2ccc(C#N)cc2)nnc1C(C)Oc1ccc(OC)cc1. The number of anilines is 1. The molecule has 2 aromatic carbocycles. The zero-order valence-corrected chi connectivity index (χ0v) is 18.6. The quantitative estimate of drug-likeness (QED) is 0.365. The van der Waals surface area contributed by atoms with E-state index in [1.165, 1.54) is 11.8 Å². The van der Waals surface area contributed by atoms with Gasteiger partial charge in [-0.05, 0) is 55.5 Å². The molecule has 3 rings (SSSR count). The monoisotopic (exact) mass is 449 g/mol. The molecule has 1 atom stereocenters. The number of nitriles is 1. The topological polar surface area (TPSA) is 102 Å². The number of nitrogens with one attached hydrogen (secondary N) is 1. The minimum Gasteiger partial charge on any atom is -0.497 e. The summed E-state index contributed by atoms with van der Waals surface area (Å²) in [7, 11) is 1.61. The first-order chi connectivity index (χ1) is 15.5. The van der Waals surface area contributed by atoms with Gasteiger partial charge in [0.05, 0.1) is 24.5 Å². The number of nitrogens with zero attached hydrogens (tertiary/aromatic N) is 4. The van der Waals surface area contributed by atoms with Crippen LogP contribution in [0.2, 0.25) is 0 Å². The van der Waals surface area contributed by atoms with E-state index in [1.807, 2.05) is 41.8 Å². The van der Waals surface area contributed by atoms with Crippen molar-refractivity contribution in [3.05, 3.63) is 72.6 Å². The summed E-state index contributed by atoms with van der Waals surface area (Å²) in [5, 5.41) is 20.8. The second-order valence-corrected chi connectivity index (χ2v) is 7.64.